The number of carbonyl (C=O) groups is 1. The van der Waals surface area contributed by atoms with Crippen LogP contribution in [0, 0.1) is 0 Å². The number of hydrogen-bond acceptors (Lipinski definition) is 2. The van der Waals surface area contributed by atoms with E-state index in [0.717, 1.165) is 6.42 Å². The summed E-state index contributed by atoms with van der Waals surface area (Å²) in [6.07, 6.45) is 19.5. The van der Waals surface area contributed by atoms with E-state index in [1.165, 1.54) is 89.0 Å². The lowest BCUT2D eigenvalue weighted by Crippen LogP contribution is -2.10. The Labute approximate surface area is 174 Å². The lowest BCUT2D eigenvalue weighted by molar-refractivity contribution is -0.143. The van der Waals surface area contributed by atoms with Crippen molar-refractivity contribution in [3.63, 3.8) is 0 Å². The number of carbonyl (C=O) groups excluding carboxylic acids is 1. The minimum atomic E-state index is -0.0638. The number of rotatable bonds is 18. The maximum Gasteiger partial charge on any atom is 0.306 e. The summed E-state index contributed by atoms with van der Waals surface area (Å²) in [7, 11) is 0. The van der Waals surface area contributed by atoms with E-state index in [9.17, 15) is 4.79 Å². The van der Waals surface area contributed by atoms with Gasteiger partial charge in [0.15, 0.2) is 0 Å². The second-order valence-corrected chi connectivity index (χ2v) is 8.15. The monoisotopic (exact) mass is 388 g/mol. The van der Waals surface area contributed by atoms with Gasteiger partial charge in [-0.15, -0.1) is 0 Å². The number of unbranched alkanes of at least 4 members (excludes halogenated alkanes) is 12. The third kappa shape index (κ3) is 13.0. The number of benzene rings is 1. The summed E-state index contributed by atoms with van der Waals surface area (Å²) in [4.78, 5) is 11.9. The normalized spacial score (nSPS) is 12.1. The summed E-state index contributed by atoms with van der Waals surface area (Å²) in [6, 6.07) is 10.5. The maximum absolute atomic E-state index is 11.9. The number of esters is 1. The molecule has 1 rings (SSSR count). The van der Waals surface area contributed by atoms with Gasteiger partial charge in [-0.1, -0.05) is 121 Å². The van der Waals surface area contributed by atoms with Gasteiger partial charge in [0.05, 0.1) is 13.0 Å². The Morgan fingerprint density at radius 2 is 1.25 bits per heavy atom. The smallest absolute Gasteiger partial charge is 0.306 e. The molecule has 1 unspecified atom stereocenters. The van der Waals surface area contributed by atoms with Crippen LogP contribution in [0.4, 0.5) is 0 Å². The van der Waals surface area contributed by atoms with E-state index in [-0.39, 0.29) is 5.97 Å². The Balaban J connectivity index is 2.09. The van der Waals surface area contributed by atoms with Gasteiger partial charge in [0, 0.05) is 0 Å². The van der Waals surface area contributed by atoms with E-state index in [4.69, 9.17) is 4.74 Å². The fraction of sp³-hybridized carbons (Fsp3) is 0.731. The van der Waals surface area contributed by atoms with Crippen LogP contribution in [0.25, 0.3) is 0 Å². The van der Waals surface area contributed by atoms with E-state index in [0.29, 0.717) is 18.9 Å². The fourth-order valence-electron chi connectivity index (χ4n) is 3.94. The fourth-order valence-corrected chi connectivity index (χ4v) is 3.94. The largest absolute Gasteiger partial charge is 0.466 e. The minimum Gasteiger partial charge on any atom is -0.466 e. The van der Waals surface area contributed by atoms with Crippen molar-refractivity contribution in [3.8, 4) is 0 Å². The van der Waals surface area contributed by atoms with E-state index in [2.05, 4.69) is 31.2 Å². The van der Waals surface area contributed by atoms with Gasteiger partial charge in [-0.2, -0.15) is 0 Å². The van der Waals surface area contributed by atoms with E-state index < -0.39 is 0 Å². The first kappa shape index (κ1) is 24.7. The van der Waals surface area contributed by atoms with Crippen molar-refractivity contribution in [3.05, 3.63) is 35.9 Å². The molecule has 28 heavy (non-hydrogen) atoms. The van der Waals surface area contributed by atoms with Crippen LogP contribution >= 0.6 is 0 Å². The molecule has 0 N–H and O–H groups in total. The Bertz CT molecular complexity index is 469. The molecule has 0 saturated carbocycles. The Hall–Kier alpha value is -1.31. The van der Waals surface area contributed by atoms with Crippen LogP contribution in [-0.2, 0) is 9.53 Å². The number of hydrogen-bond donors (Lipinski definition) is 0. The van der Waals surface area contributed by atoms with Gasteiger partial charge in [-0.05, 0) is 24.8 Å². The highest BCUT2D eigenvalue weighted by Gasteiger charge is 2.16. The van der Waals surface area contributed by atoms with Gasteiger partial charge < -0.3 is 4.74 Å². The van der Waals surface area contributed by atoms with Gasteiger partial charge in [0.25, 0.3) is 0 Å². The second kappa shape index (κ2) is 17.8. The molecule has 0 aromatic heterocycles. The molecule has 0 spiro atoms. The molecule has 0 radical (unpaired) electrons. The highest BCUT2D eigenvalue weighted by Crippen LogP contribution is 2.26. The zero-order valence-corrected chi connectivity index (χ0v) is 18.6. The van der Waals surface area contributed by atoms with Crippen molar-refractivity contribution in [1.82, 2.24) is 0 Å². The SMILES string of the molecule is CCCCCCCCCCCCCCCC(CC(=O)OCC)c1ccccc1. The van der Waals surface area contributed by atoms with Crippen molar-refractivity contribution in [1.29, 1.82) is 0 Å². The van der Waals surface area contributed by atoms with Crippen molar-refractivity contribution in [2.45, 2.75) is 116 Å². The molecular formula is C26H44O2. The van der Waals surface area contributed by atoms with E-state index >= 15 is 0 Å². The quantitative estimate of drug-likeness (QED) is 0.187. The van der Waals surface area contributed by atoms with Gasteiger partial charge >= 0.3 is 5.97 Å². The van der Waals surface area contributed by atoms with Crippen LogP contribution in [0.15, 0.2) is 30.3 Å². The first-order valence-corrected chi connectivity index (χ1v) is 12.0. The molecule has 0 bridgehead atoms. The van der Waals surface area contributed by atoms with Crippen LogP contribution in [0.5, 0.6) is 0 Å². The average molecular weight is 389 g/mol. The predicted molar refractivity (Wildman–Crippen MR) is 121 cm³/mol. The first-order valence-electron chi connectivity index (χ1n) is 12.0. The van der Waals surface area contributed by atoms with Crippen molar-refractivity contribution < 1.29 is 9.53 Å². The molecule has 0 aliphatic heterocycles. The molecule has 0 aliphatic rings. The number of ether oxygens (including phenoxy) is 1. The van der Waals surface area contributed by atoms with Crippen LogP contribution in [-0.4, -0.2) is 12.6 Å². The lowest BCUT2D eigenvalue weighted by atomic mass is 9.90. The van der Waals surface area contributed by atoms with Crippen LogP contribution in [0.3, 0.4) is 0 Å². The lowest BCUT2D eigenvalue weighted by Gasteiger charge is -2.16. The standard InChI is InChI=1S/C26H44O2/c1-3-5-6-7-8-9-10-11-12-13-14-15-17-22-25(23-26(27)28-4-2)24-20-18-16-19-21-24/h16,18-21,25H,3-15,17,22-23H2,1-2H3. The zero-order chi connectivity index (χ0) is 20.3. The molecule has 1 aromatic rings. The van der Waals surface area contributed by atoms with Crippen molar-refractivity contribution in [2.75, 3.05) is 6.61 Å². The van der Waals surface area contributed by atoms with Crippen LogP contribution < -0.4 is 0 Å². The van der Waals surface area contributed by atoms with Crippen LogP contribution in [0.1, 0.15) is 122 Å². The zero-order valence-electron chi connectivity index (χ0n) is 18.6. The van der Waals surface area contributed by atoms with Crippen molar-refractivity contribution in [2.24, 2.45) is 0 Å². The molecule has 1 atom stereocenters. The first-order chi connectivity index (χ1) is 13.8. The Morgan fingerprint density at radius 1 is 0.750 bits per heavy atom. The Kier molecular flexibility index (Phi) is 15.7. The highest BCUT2D eigenvalue weighted by molar-refractivity contribution is 5.70. The van der Waals surface area contributed by atoms with Gasteiger partial charge in [0.2, 0.25) is 0 Å². The van der Waals surface area contributed by atoms with Crippen LogP contribution in [0.2, 0.25) is 0 Å². The Morgan fingerprint density at radius 3 is 1.75 bits per heavy atom. The molecule has 0 saturated heterocycles. The summed E-state index contributed by atoms with van der Waals surface area (Å²) >= 11 is 0. The molecule has 0 fully saturated rings. The van der Waals surface area contributed by atoms with Gasteiger partial charge in [-0.3, -0.25) is 4.79 Å². The molecule has 0 aliphatic carbocycles. The molecule has 160 valence electrons. The third-order valence-corrected chi connectivity index (χ3v) is 5.65. The molecule has 2 heteroatoms. The summed E-state index contributed by atoms with van der Waals surface area (Å²) in [5.74, 6) is 0.235. The minimum absolute atomic E-state index is 0.0638. The summed E-state index contributed by atoms with van der Waals surface area (Å²) in [5.41, 5.74) is 1.27. The topological polar surface area (TPSA) is 26.3 Å². The maximum atomic E-state index is 11.9. The van der Waals surface area contributed by atoms with Crippen molar-refractivity contribution >= 4 is 5.97 Å². The average Bonchev–Trinajstić information content (AvgIpc) is 2.71. The summed E-state index contributed by atoms with van der Waals surface area (Å²) < 4.78 is 5.17. The molecule has 0 heterocycles. The van der Waals surface area contributed by atoms with Gasteiger partial charge in [-0.25, -0.2) is 0 Å². The summed E-state index contributed by atoms with van der Waals surface area (Å²) in [6.45, 7) is 4.63. The molecular weight excluding hydrogens is 344 g/mol. The predicted octanol–water partition coefficient (Wildman–Crippen LogP) is 8.20. The molecule has 0 amide bonds. The van der Waals surface area contributed by atoms with Gasteiger partial charge in [0.1, 0.15) is 0 Å². The molecule has 1 aromatic carbocycles. The highest BCUT2D eigenvalue weighted by atomic mass is 16.5. The van der Waals surface area contributed by atoms with E-state index in [1.54, 1.807) is 0 Å². The summed E-state index contributed by atoms with van der Waals surface area (Å²) in [5, 5.41) is 0. The molecule has 2 nitrogen and oxygen atoms in total. The van der Waals surface area contributed by atoms with E-state index in [1.807, 2.05) is 13.0 Å². The second-order valence-electron chi connectivity index (χ2n) is 8.15. The third-order valence-electron chi connectivity index (χ3n) is 5.65.